The van der Waals surface area contributed by atoms with Crippen molar-refractivity contribution < 1.29 is 4.92 Å². The number of nitro benzene ring substituents is 1. The van der Waals surface area contributed by atoms with E-state index >= 15 is 0 Å². The highest BCUT2D eigenvalue weighted by molar-refractivity contribution is 5.59. The van der Waals surface area contributed by atoms with Gasteiger partial charge in [0, 0.05) is 30.4 Å². The molecule has 4 heteroatoms. The van der Waals surface area contributed by atoms with E-state index in [-0.39, 0.29) is 10.6 Å². The molecular weight excluding hydrogens is 252 g/mol. The van der Waals surface area contributed by atoms with E-state index in [1.165, 1.54) is 17.3 Å². The largest absolute Gasteiger partial charge is 0.364 e. The highest BCUT2D eigenvalue weighted by atomic mass is 16.6. The minimum atomic E-state index is -0.342. The summed E-state index contributed by atoms with van der Waals surface area (Å²) in [6.45, 7) is 2.90. The maximum atomic E-state index is 10.8. The molecule has 1 aliphatic rings. The number of hydrogen-bond donors (Lipinski definition) is 0. The van der Waals surface area contributed by atoms with E-state index in [1.807, 2.05) is 12.1 Å². The number of fused-ring (bicyclic) bond motifs is 1. The number of non-ortho nitro benzene ring substituents is 1. The van der Waals surface area contributed by atoms with Crippen molar-refractivity contribution in [3.63, 3.8) is 0 Å². The lowest BCUT2D eigenvalue weighted by atomic mass is 10.1. The molecule has 4 nitrogen and oxygen atoms in total. The average Bonchev–Trinajstić information content (AvgIpc) is 2.76. The Kier molecular flexibility index (Phi) is 3.14. The van der Waals surface area contributed by atoms with Gasteiger partial charge in [0.1, 0.15) is 0 Å². The van der Waals surface area contributed by atoms with Crippen LogP contribution >= 0.6 is 0 Å². The SMILES string of the molecule is C[C@H]1Cc2ccccc2N1Cc1cccc([N+](=O)[O-])c1. The van der Waals surface area contributed by atoms with Gasteiger partial charge >= 0.3 is 0 Å². The van der Waals surface area contributed by atoms with Gasteiger partial charge in [0.2, 0.25) is 0 Å². The van der Waals surface area contributed by atoms with Gasteiger partial charge < -0.3 is 4.90 Å². The van der Waals surface area contributed by atoms with Gasteiger partial charge in [0.25, 0.3) is 5.69 Å². The Hall–Kier alpha value is -2.36. The van der Waals surface area contributed by atoms with Gasteiger partial charge in [-0.3, -0.25) is 10.1 Å². The first-order chi connectivity index (χ1) is 9.65. The predicted molar refractivity (Wildman–Crippen MR) is 78.9 cm³/mol. The van der Waals surface area contributed by atoms with Crippen molar-refractivity contribution in [2.45, 2.75) is 25.9 Å². The number of hydrogen-bond acceptors (Lipinski definition) is 3. The van der Waals surface area contributed by atoms with Crippen LogP contribution in [0, 0.1) is 10.1 Å². The van der Waals surface area contributed by atoms with Crippen LogP contribution in [-0.4, -0.2) is 11.0 Å². The van der Waals surface area contributed by atoms with Crippen LogP contribution in [0.5, 0.6) is 0 Å². The molecule has 0 N–H and O–H groups in total. The lowest BCUT2D eigenvalue weighted by Crippen LogP contribution is -2.28. The number of anilines is 1. The van der Waals surface area contributed by atoms with Gasteiger partial charge in [-0.2, -0.15) is 0 Å². The number of para-hydroxylation sites is 1. The third kappa shape index (κ3) is 2.25. The van der Waals surface area contributed by atoms with Gasteiger partial charge in [0.05, 0.1) is 4.92 Å². The Bertz CT molecular complexity index is 654. The van der Waals surface area contributed by atoms with Crippen molar-refractivity contribution in [3.8, 4) is 0 Å². The fourth-order valence-corrected chi connectivity index (χ4v) is 2.84. The summed E-state index contributed by atoms with van der Waals surface area (Å²) in [6.07, 6.45) is 1.03. The molecule has 2 aromatic carbocycles. The third-order valence-electron chi connectivity index (χ3n) is 3.82. The monoisotopic (exact) mass is 268 g/mol. The summed E-state index contributed by atoms with van der Waals surface area (Å²) in [6, 6.07) is 15.7. The fraction of sp³-hybridized carbons (Fsp3) is 0.250. The van der Waals surface area contributed by atoms with E-state index in [0.717, 1.165) is 12.0 Å². The molecule has 0 saturated carbocycles. The molecule has 0 bridgehead atoms. The maximum absolute atomic E-state index is 10.8. The molecule has 0 fully saturated rings. The van der Waals surface area contributed by atoms with E-state index in [0.29, 0.717) is 12.6 Å². The van der Waals surface area contributed by atoms with Crippen molar-refractivity contribution >= 4 is 11.4 Å². The van der Waals surface area contributed by atoms with Gasteiger partial charge in [-0.1, -0.05) is 30.3 Å². The molecular formula is C16H16N2O2. The van der Waals surface area contributed by atoms with Gasteiger partial charge in [-0.05, 0) is 30.5 Å². The second-order valence-electron chi connectivity index (χ2n) is 5.24. The first-order valence-electron chi connectivity index (χ1n) is 6.73. The average molecular weight is 268 g/mol. The molecule has 3 rings (SSSR count). The quantitative estimate of drug-likeness (QED) is 0.631. The Labute approximate surface area is 117 Å². The van der Waals surface area contributed by atoms with Crippen LogP contribution in [0.2, 0.25) is 0 Å². The normalized spacial score (nSPS) is 17.1. The predicted octanol–water partition coefficient (Wildman–Crippen LogP) is 3.55. The van der Waals surface area contributed by atoms with Crippen LogP contribution < -0.4 is 4.90 Å². The Morgan fingerprint density at radius 2 is 2.05 bits per heavy atom. The highest BCUT2D eigenvalue weighted by Crippen LogP contribution is 2.33. The second-order valence-corrected chi connectivity index (χ2v) is 5.24. The molecule has 0 unspecified atom stereocenters. The van der Waals surface area contributed by atoms with E-state index in [4.69, 9.17) is 0 Å². The number of rotatable bonds is 3. The summed E-state index contributed by atoms with van der Waals surface area (Å²) in [5.41, 5.74) is 3.72. The summed E-state index contributed by atoms with van der Waals surface area (Å²) < 4.78 is 0. The summed E-state index contributed by atoms with van der Waals surface area (Å²) in [5.74, 6) is 0. The van der Waals surface area contributed by atoms with Crippen molar-refractivity contribution in [2.24, 2.45) is 0 Å². The zero-order chi connectivity index (χ0) is 14.1. The summed E-state index contributed by atoms with van der Waals surface area (Å²) in [7, 11) is 0. The minimum Gasteiger partial charge on any atom is -0.364 e. The summed E-state index contributed by atoms with van der Waals surface area (Å²) in [5, 5.41) is 10.8. The van der Waals surface area contributed by atoms with Gasteiger partial charge in [-0.25, -0.2) is 0 Å². The van der Waals surface area contributed by atoms with Crippen molar-refractivity contribution in [3.05, 3.63) is 69.8 Å². The smallest absolute Gasteiger partial charge is 0.269 e. The molecule has 0 spiro atoms. The lowest BCUT2D eigenvalue weighted by molar-refractivity contribution is -0.384. The van der Waals surface area contributed by atoms with Crippen molar-refractivity contribution in [2.75, 3.05) is 4.90 Å². The molecule has 0 amide bonds. The fourth-order valence-electron chi connectivity index (χ4n) is 2.84. The molecule has 1 aliphatic heterocycles. The van der Waals surface area contributed by atoms with Gasteiger partial charge in [0.15, 0.2) is 0 Å². The standard InChI is InChI=1S/C16H16N2O2/c1-12-9-14-6-2-3-8-16(14)17(12)11-13-5-4-7-15(10-13)18(19)20/h2-8,10,12H,9,11H2,1H3/t12-/m0/s1. The van der Waals surface area contributed by atoms with E-state index in [9.17, 15) is 10.1 Å². The molecule has 0 radical (unpaired) electrons. The van der Waals surface area contributed by atoms with Crippen molar-refractivity contribution in [1.29, 1.82) is 0 Å². The topological polar surface area (TPSA) is 46.4 Å². The summed E-state index contributed by atoms with van der Waals surface area (Å²) in [4.78, 5) is 12.8. The van der Waals surface area contributed by atoms with Crippen molar-refractivity contribution in [1.82, 2.24) is 0 Å². The lowest BCUT2D eigenvalue weighted by Gasteiger charge is -2.24. The second kappa shape index (κ2) is 4.96. The van der Waals surface area contributed by atoms with Crippen LogP contribution in [-0.2, 0) is 13.0 Å². The van der Waals surface area contributed by atoms with Crippen LogP contribution in [0.25, 0.3) is 0 Å². The molecule has 20 heavy (non-hydrogen) atoms. The van der Waals surface area contributed by atoms with Crippen LogP contribution in [0.15, 0.2) is 48.5 Å². The van der Waals surface area contributed by atoms with Gasteiger partial charge in [-0.15, -0.1) is 0 Å². The molecule has 0 aliphatic carbocycles. The Morgan fingerprint density at radius 3 is 2.85 bits per heavy atom. The Morgan fingerprint density at radius 1 is 1.25 bits per heavy atom. The highest BCUT2D eigenvalue weighted by Gasteiger charge is 2.25. The first kappa shape index (κ1) is 12.7. The number of nitro groups is 1. The third-order valence-corrected chi connectivity index (χ3v) is 3.82. The maximum Gasteiger partial charge on any atom is 0.269 e. The minimum absolute atomic E-state index is 0.155. The Balaban J connectivity index is 1.88. The van der Waals surface area contributed by atoms with E-state index in [1.54, 1.807) is 12.1 Å². The van der Waals surface area contributed by atoms with E-state index in [2.05, 4.69) is 30.0 Å². The molecule has 102 valence electrons. The zero-order valence-electron chi connectivity index (χ0n) is 11.3. The molecule has 0 aromatic heterocycles. The zero-order valence-corrected chi connectivity index (χ0v) is 11.3. The van der Waals surface area contributed by atoms with Crippen LogP contribution in [0.3, 0.4) is 0 Å². The van der Waals surface area contributed by atoms with Crippen LogP contribution in [0.4, 0.5) is 11.4 Å². The molecule has 0 saturated heterocycles. The number of benzene rings is 2. The van der Waals surface area contributed by atoms with E-state index < -0.39 is 0 Å². The summed E-state index contributed by atoms with van der Waals surface area (Å²) >= 11 is 0. The first-order valence-corrected chi connectivity index (χ1v) is 6.73. The molecule has 1 heterocycles. The molecule has 2 aromatic rings. The van der Waals surface area contributed by atoms with Crippen LogP contribution in [0.1, 0.15) is 18.1 Å². The number of nitrogens with zero attached hydrogens (tertiary/aromatic N) is 2. The molecule has 1 atom stereocenters.